The van der Waals surface area contributed by atoms with Crippen molar-refractivity contribution in [2.24, 2.45) is 0 Å². The fraction of sp³-hybridized carbons (Fsp3) is 0.176. The van der Waals surface area contributed by atoms with Gasteiger partial charge in [-0.3, -0.25) is 0 Å². The van der Waals surface area contributed by atoms with Crippen LogP contribution in [-0.2, 0) is 6.54 Å². The number of hydrogen-bond acceptors (Lipinski definition) is 7. The maximum absolute atomic E-state index is 9.30. The molecule has 0 saturated heterocycles. The van der Waals surface area contributed by atoms with E-state index in [4.69, 9.17) is 16.2 Å². The predicted octanol–water partition coefficient (Wildman–Crippen LogP) is 1.85. The van der Waals surface area contributed by atoms with Crippen LogP contribution in [0.4, 0.5) is 11.8 Å². The first kappa shape index (κ1) is 16.3. The van der Waals surface area contributed by atoms with Gasteiger partial charge in [-0.25, -0.2) is 9.97 Å². The molecule has 0 aliphatic heterocycles. The van der Waals surface area contributed by atoms with Gasteiger partial charge in [0.25, 0.3) is 0 Å². The third-order valence-corrected chi connectivity index (χ3v) is 3.56. The Labute approximate surface area is 144 Å². The Bertz CT molecular complexity index is 900. The van der Waals surface area contributed by atoms with E-state index in [9.17, 15) is 5.26 Å². The van der Waals surface area contributed by atoms with E-state index in [1.54, 1.807) is 18.6 Å². The molecule has 126 valence electrons. The fourth-order valence-electron chi connectivity index (χ4n) is 2.40. The monoisotopic (exact) mass is 335 g/mol. The van der Waals surface area contributed by atoms with Gasteiger partial charge >= 0.3 is 0 Å². The van der Waals surface area contributed by atoms with E-state index in [1.165, 1.54) is 0 Å². The molecule has 0 unspecified atom stereocenters. The van der Waals surface area contributed by atoms with Crippen LogP contribution in [0.15, 0.2) is 43.0 Å². The zero-order chi connectivity index (χ0) is 17.6. The summed E-state index contributed by atoms with van der Waals surface area (Å²) >= 11 is 0. The first-order valence-corrected chi connectivity index (χ1v) is 7.69. The molecule has 8 nitrogen and oxygen atoms in total. The Kier molecular flexibility index (Phi) is 4.76. The Balaban J connectivity index is 1.73. The molecular weight excluding hydrogens is 318 g/mol. The summed E-state index contributed by atoms with van der Waals surface area (Å²) in [6, 6.07) is 9.32. The highest BCUT2D eigenvalue weighted by atomic mass is 16.5. The molecule has 2 heterocycles. The molecule has 8 heteroatoms. The van der Waals surface area contributed by atoms with Gasteiger partial charge < -0.3 is 20.8 Å². The van der Waals surface area contributed by atoms with Crippen molar-refractivity contribution >= 4 is 11.8 Å². The number of nitrogen functional groups attached to an aromatic ring is 2. The highest BCUT2D eigenvalue weighted by Crippen LogP contribution is 2.28. The molecule has 0 aliphatic rings. The first-order chi connectivity index (χ1) is 12.2. The third kappa shape index (κ3) is 3.84. The number of aryl methyl sites for hydroxylation is 1. The van der Waals surface area contributed by atoms with Crippen LogP contribution in [0.25, 0.3) is 11.3 Å². The van der Waals surface area contributed by atoms with E-state index in [-0.39, 0.29) is 17.3 Å². The lowest BCUT2D eigenvalue weighted by Gasteiger charge is -2.10. The van der Waals surface area contributed by atoms with Crippen LogP contribution in [0.3, 0.4) is 0 Å². The zero-order valence-corrected chi connectivity index (χ0v) is 13.5. The van der Waals surface area contributed by atoms with E-state index in [0.717, 1.165) is 13.0 Å². The van der Waals surface area contributed by atoms with Gasteiger partial charge in [0.15, 0.2) is 0 Å². The zero-order valence-electron chi connectivity index (χ0n) is 13.5. The van der Waals surface area contributed by atoms with Gasteiger partial charge in [0.05, 0.1) is 18.6 Å². The van der Waals surface area contributed by atoms with Crippen LogP contribution in [0.2, 0.25) is 0 Å². The Morgan fingerprint density at radius 1 is 1.24 bits per heavy atom. The summed E-state index contributed by atoms with van der Waals surface area (Å²) in [4.78, 5) is 12.0. The van der Waals surface area contributed by atoms with Crippen molar-refractivity contribution in [1.29, 1.82) is 5.26 Å². The molecule has 0 amide bonds. The maximum Gasteiger partial charge on any atom is 0.222 e. The van der Waals surface area contributed by atoms with E-state index < -0.39 is 0 Å². The average Bonchev–Trinajstić information content (AvgIpc) is 3.12. The van der Waals surface area contributed by atoms with Crippen molar-refractivity contribution in [2.45, 2.75) is 13.0 Å². The quantitative estimate of drug-likeness (QED) is 0.657. The van der Waals surface area contributed by atoms with Gasteiger partial charge in [0, 0.05) is 24.5 Å². The number of hydrogen-bond donors (Lipinski definition) is 2. The minimum atomic E-state index is 0.0261. The molecule has 0 spiro atoms. The van der Waals surface area contributed by atoms with E-state index >= 15 is 0 Å². The number of nitriles is 1. The highest BCUT2D eigenvalue weighted by Gasteiger charge is 2.13. The molecule has 1 aromatic carbocycles. The molecule has 0 aliphatic carbocycles. The number of aromatic nitrogens is 4. The second-order valence-corrected chi connectivity index (χ2v) is 5.33. The van der Waals surface area contributed by atoms with Crippen LogP contribution >= 0.6 is 0 Å². The molecule has 0 atom stereocenters. The fourth-order valence-corrected chi connectivity index (χ4v) is 2.40. The Morgan fingerprint density at radius 2 is 2.12 bits per heavy atom. The summed E-state index contributed by atoms with van der Waals surface area (Å²) in [6.45, 7) is 1.39. The number of imidazole rings is 1. The number of nitrogens with two attached hydrogens (primary N) is 2. The second-order valence-electron chi connectivity index (χ2n) is 5.33. The number of rotatable bonds is 6. The van der Waals surface area contributed by atoms with Gasteiger partial charge in [-0.05, 0) is 18.6 Å². The molecule has 0 saturated carbocycles. The summed E-state index contributed by atoms with van der Waals surface area (Å²) in [5.41, 5.74) is 12.7. The van der Waals surface area contributed by atoms with Gasteiger partial charge in [0.2, 0.25) is 5.95 Å². The SMILES string of the molecule is N#Cc1c(N)nc(N)nc1-c1cccc(OCCCn2ccnc2)c1. The third-order valence-electron chi connectivity index (χ3n) is 3.56. The van der Waals surface area contributed by atoms with Gasteiger partial charge in [0.1, 0.15) is 23.2 Å². The molecule has 0 fully saturated rings. The highest BCUT2D eigenvalue weighted by molar-refractivity contribution is 5.73. The molecule has 25 heavy (non-hydrogen) atoms. The van der Waals surface area contributed by atoms with Gasteiger partial charge in [-0.2, -0.15) is 10.2 Å². The second kappa shape index (κ2) is 7.31. The largest absolute Gasteiger partial charge is 0.494 e. The Morgan fingerprint density at radius 3 is 2.88 bits per heavy atom. The predicted molar refractivity (Wildman–Crippen MR) is 93.3 cm³/mol. The normalized spacial score (nSPS) is 10.4. The van der Waals surface area contributed by atoms with Crippen molar-refractivity contribution in [1.82, 2.24) is 19.5 Å². The average molecular weight is 335 g/mol. The first-order valence-electron chi connectivity index (χ1n) is 7.69. The summed E-state index contributed by atoms with van der Waals surface area (Å²) < 4.78 is 7.77. The molecule has 0 bridgehead atoms. The minimum Gasteiger partial charge on any atom is -0.494 e. The van der Waals surface area contributed by atoms with Crippen LogP contribution in [0.5, 0.6) is 5.75 Å². The van der Waals surface area contributed by atoms with Crippen LogP contribution in [0, 0.1) is 11.3 Å². The van der Waals surface area contributed by atoms with Crippen LogP contribution in [-0.4, -0.2) is 26.1 Å². The molecular formula is C17H17N7O. The Hall–Kier alpha value is -3.60. The molecule has 2 aromatic heterocycles. The molecule has 3 rings (SSSR count). The standard InChI is InChI=1S/C17H17N7O/c18-10-14-15(22-17(20)23-16(14)19)12-3-1-4-13(9-12)25-8-2-6-24-7-5-21-11-24/h1,3-5,7,9,11H,2,6,8H2,(H4,19,20,22,23). The van der Waals surface area contributed by atoms with Crippen molar-refractivity contribution < 1.29 is 4.74 Å². The minimum absolute atomic E-state index is 0.0261. The molecule has 0 radical (unpaired) electrons. The summed E-state index contributed by atoms with van der Waals surface area (Å²) in [7, 11) is 0. The topological polar surface area (TPSA) is 129 Å². The van der Waals surface area contributed by atoms with Crippen LogP contribution in [0.1, 0.15) is 12.0 Å². The number of ether oxygens (including phenoxy) is 1. The summed E-state index contributed by atoms with van der Waals surface area (Å²) in [5.74, 6) is 0.776. The van der Waals surface area contributed by atoms with Crippen molar-refractivity contribution in [3.8, 4) is 23.1 Å². The smallest absolute Gasteiger partial charge is 0.222 e. The number of nitrogens with zero attached hydrogens (tertiary/aromatic N) is 5. The maximum atomic E-state index is 9.30. The van der Waals surface area contributed by atoms with E-state index in [2.05, 4.69) is 15.0 Å². The van der Waals surface area contributed by atoms with Gasteiger partial charge in [-0.1, -0.05) is 12.1 Å². The molecule has 3 aromatic rings. The van der Waals surface area contributed by atoms with Crippen molar-refractivity contribution in [3.63, 3.8) is 0 Å². The lowest BCUT2D eigenvalue weighted by atomic mass is 10.1. The van der Waals surface area contributed by atoms with Gasteiger partial charge in [-0.15, -0.1) is 0 Å². The summed E-state index contributed by atoms with van der Waals surface area (Å²) in [6.07, 6.45) is 6.27. The van der Waals surface area contributed by atoms with Crippen molar-refractivity contribution in [2.75, 3.05) is 18.1 Å². The lowest BCUT2D eigenvalue weighted by molar-refractivity contribution is 0.302. The van der Waals surface area contributed by atoms with E-state index in [1.807, 2.05) is 35.0 Å². The molecule has 4 N–H and O–H groups in total. The van der Waals surface area contributed by atoms with Crippen LogP contribution < -0.4 is 16.2 Å². The summed E-state index contributed by atoms with van der Waals surface area (Å²) in [5, 5.41) is 9.30. The number of benzene rings is 1. The number of anilines is 2. The van der Waals surface area contributed by atoms with Crippen molar-refractivity contribution in [3.05, 3.63) is 48.5 Å². The van der Waals surface area contributed by atoms with E-state index in [0.29, 0.717) is 23.6 Å². The lowest BCUT2D eigenvalue weighted by Crippen LogP contribution is -2.05.